The number of fused-ring (bicyclic) bond motifs is 1. The van der Waals surface area contributed by atoms with E-state index in [0.29, 0.717) is 37.8 Å². The van der Waals surface area contributed by atoms with Crippen molar-refractivity contribution < 1.29 is 22.6 Å². The van der Waals surface area contributed by atoms with Crippen LogP contribution in [0.25, 0.3) is 10.9 Å². The number of H-pyrrole nitrogens is 1. The summed E-state index contributed by atoms with van der Waals surface area (Å²) in [5.41, 5.74) is 1.61. The number of benzene rings is 2. The molecule has 0 aliphatic rings. The molecule has 0 saturated heterocycles. The van der Waals surface area contributed by atoms with Crippen LogP contribution in [0.5, 0.6) is 11.5 Å². The molecule has 0 atom stereocenters. The van der Waals surface area contributed by atoms with E-state index in [9.17, 15) is 13.2 Å². The Hall–Kier alpha value is -3.56. The van der Waals surface area contributed by atoms with Crippen LogP contribution >= 0.6 is 0 Å². The van der Waals surface area contributed by atoms with E-state index in [1.165, 1.54) is 17.7 Å². The standard InChI is InChI=1S/C23H24F3N5O2/c1-2-4-16-5-10-20(19-11-12-31(22(16)19)15-21-27-29-30-28-21)33-14-3-13-32-18-8-6-17(7-9-18)23(24,25)26/h5-12H,2-4,13-15H2,1H3,(H,27,28,29,30). The molecule has 0 saturated carbocycles. The molecule has 0 aliphatic heterocycles. The van der Waals surface area contributed by atoms with E-state index in [2.05, 4.69) is 38.2 Å². The number of hydrogen-bond acceptors (Lipinski definition) is 5. The molecule has 2 heterocycles. The van der Waals surface area contributed by atoms with Gasteiger partial charge in [-0.05, 0) is 48.4 Å². The number of aromatic amines is 1. The molecule has 174 valence electrons. The number of aryl methyl sites for hydroxylation is 1. The van der Waals surface area contributed by atoms with Gasteiger partial charge in [-0.25, -0.2) is 0 Å². The molecule has 0 amide bonds. The van der Waals surface area contributed by atoms with Crippen LogP contribution < -0.4 is 9.47 Å². The molecule has 4 rings (SSSR count). The molecule has 0 fully saturated rings. The predicted octanol–water partition coefficient (Wildman–Crippen LogP) is 5.02. The third-order valence-corrected chi connectivity index (χ3v) is 5.19. The molecule has 0 bridgehead atoms. The summed E-state index contributed by atoms with van der Waals surface area (Å²) in [6, 6.07) is 10.7. The van der Waals surface area contributed by atoms with Gasteiger partial charge in [-0.1, -0.05) is 24.6 Å². The van der Waals surface area contributed by atoms with Gasteiger partial charge in [-0.2, -0.15) is 18.4 Å². The SMILES string of the molecule is CCCc1ccc(OCCCOc2ccc(C(F)(F)F)cc2)c2ccn(Cc3nn[nH]n3)c12. The minimum Gasteiger partial charge on any atom is -0.493 e. The van der Waals surface area contributed by atoms with Crippen molar-refractivity contribution in [1.29, 1.82) is 0 Å². The number of tetrazole rings is 1. The Morgan fingerprint density at radius 2 is 1.79 bits per heavy atom. The highest BCUT2D eigenvalue weighted by Crippen LogP contribution is 2.32. The van der Waals surface area contributed by atoms with Gasteiger partial charge in [-0.15, -0.1) is 10.2 Å². The first-order valence-electron chi connectivity index (χ1n) is 10.7. The van der Waals surface area contributed by atoms with Crippen LogP contribution in [0.3, 0.4) is 0 Å². The van der Waals surface area contributed by atoms with Gasteiger partial charge in [0.05, 0.1) is 30.8 Å². The zero-order valence-electron chi connectivity index (χ0n) is 18.1. The molecule has 0 spiro atoms. The molecule has 0 radical (unpaired) electrons. The first-order chi connectivity index (χ1) is 16.0. The second-order valence-electron chi connectivity index (χ2n) is 7.58. The van der Waals surface area contributed by atoms with Crippen molar-refractivity contribution in [2.75, 3.05) is 13.2 Å². The Morgan fingerprint density at radius 3 is 2.48 bits per heavy atom. The number of nitrogens with one attached hydrogen (secondary N) is 1. The number of alkyl halides is 3. The summed E-state index contributed by atoms with van der Waals surface area (Å²) in [6.07, 6.45) is 0.177. The van der Waals surface area contributed by atoms with Gasteiger partial charge in [0.2, 0.25) is 0 Å². The van der Waals surface area contributed by atoms with Crippen molar-refractivity contribution in [3.63, 3.8) is 0 Å². The first-order valence-corrected chi connectivity index (χ1v) is 10.7. The number of ether oxygens (including phenoxy) is 2. The van der Waals surface area contributed by atoms with Crippen LogP contribution in [0, 0.1) is 0 Å². The van der Waals surface area contributed by atoms with Crippen LogP contribution in [0.15, 0.2) is 48.7 Å². The van der Waals surface area contributed by atoms with Gasteiger partial charge in [-0.3, -0.25) is 0 Å². The topological polar surface area (TPSA) is 77.9 Å². The molecule has 7 nitrogen and oxygen atoms in total. The Balaban J connectivity index is 1.37. The van der Waals surface area contributed by atoms with E-state index in [-0.39, 0.29) is 0 Å². The van der Waals surface area contributed by atoms with Crippen molar-refractivity contribution in [3.05, 3.63) is 65.6 Å². The fraction of sp³-hybridized carbons (Fsp3) is 0.348. The number of halogens is 3. The number of aromatic nitrogens is 5. The van der Waals surface area contributed by atoms with Crippen LogP contribution in [-0.2, 0) is 19.1 Å². The lowest BCUT2D eigenvalue weighted by atomic mass is 10.1. The summed E-state index contributed by atoms with van der Waals surface area (Å²) in [4.78, 5) is 0. The molecule has 2 aromatic heterocycles. The maximum atomic E-state index is 12.6. The van der Waals surface area contributed by atoms with Gasteiger partial charge in [0, 0.05) is 18.0 Å². The molecular weight excluding hydrogens is 435 g/mol. The summed E-state index contributed by atoms with van der Waals surface area (Å²) >= 11 is 0. The van der Waals surface area contributed by atoms with Crippen molar-refractivity contribution in [2.24, 2.45) is 0 Å². The van der Waals surface area contributed by atoms with Gasteiger partial charge in [0.1, 0.15) is 11.5 Å². The Labute approximate surface area is 188 Å². The normalized spacial score (nSPS) is 11.8. The third-order valence-electron chi connectivity index (χ3n) is 5.19. The van der Waals surface area contributed by atoms with Gasteiger partial charge in [0.15, 0.2) is 5.82 Å². The second-order valence-corrected chi connectivity index (χ2v) is 7.58. The molecular formula is C23H24F3N5O2. The molecule has 0 unspecified atom stereocenters. The molecule has 1 N–H and O–H groups in total. The summed E-state index contributed by atoms with van der Waals surface area (Å²) in [5.74, 6) is 1.76. The lowest BCUT2D eigenvalue weighted by molar-refractivity contribution is -0.137. The second kappa shape index (κ2) is 9.93. The van der Waals surface area contributed by atoms with E-state index in [1.54, 1.807) is 0 Å². The maximum Gasteiger partial charge on any atom is 0.416 e. The van der Waals surface area contributed by atoms with E-state index in [1.807, 2.05) is 18.3 Å². The lowest BCUT2D eigenvalue weighted by Crippen LogP contribution is -2.07. The molecule has 33 heavy (non-hydrogen) atoms. The van der Waals surface area contributed by atoms with Crippen LogP contribution in [-0.4, -0.2) is 38.4 Å². The minimum atomic E-state index is -4.35. The number of rotatable bonds is 10. The Morgan fingerprint density at radius 1 is 1.00 bits per heavy atom. The summed E-state index contributed by atoms with van der Waals surface area (Å²) < 4.78 is 51.6. The average molecular weight is 459 g/mol. The zero-order valence-corrected chi connectivity index (χ0v) is 18.1. The van der Waals surface area contributed by atoms with E-state index in [4.69, 9.17) is 9.47 Å². The van der Waals surface area contributed by atoms with Gasteiger partial charge in [0.25, 0.3) is 0 Å². The van der Waals surface area contributed by atoms with E-state index in [0.717, 1.165) is 41.6 Å². The van der Waals surface area contributed by atoms with Crippen molar-refractivity contribution >= 4 is 10.9 Å². The predicted molar refractivity (Wildman–Crippen MR) is 116 cm³/mol. The van der Waals surface area contributed by atoms with Crippen LogP contribution in [0.2, 0.25) is 0 Å². The quantitative estimate of drug-likeness (QED) is 0.337. The highest BCUT2D eigenvalue weighted by molar-refractivity contribution is 5.89. The largest absolute Gasteiger partial charge is 0.493 e. The Kier molecular flexibility index (Phi) is 6.81. The fourth-order valence-electron chi connectivity index (χ4n) is 3.68. The van der Waals surface area contributed by atoms with Crippen LogP contribution in [0.4, 0.5) is 13.2 Å². The van der Waals surface area contributed by atoms with E-state index < -0.39 is 11.7 Å². The van der Waals surface area contributed by atoms with Crippen molar-refractivity contribution in [3.8, 4) is 11.5 Å². The summed E-state index contributed by atoms with van der Waals surface area (Å²) in [5, 5.41) is 15.2. The Bertz CT molecular complexity index is 1170. The third kappa shape index (κ3) is 5.44. The highest BCUT2D eigenvalue weighted by Gasteiger charge is 2.30. The summed E-state index contributed by atoms with van der Waals surface area (Å²) in [6.45, 7) is 3.39. The number of hydrogen-bond donors (Lipinski definition) is 1. The maximum absolute atomic E-state index is 12.6. The highest BCUT2D eigenvalue weighted by atomic mass is 19.4. The summed E-state index contributed by atoms with van der Waals surface area (Å²) in [7, 11) is 0. The van der Waals surface area contributed by atoms with Crippen LogP contribution in [0.1, 0.15) is 36.7 Å². The van der Waals surface area contributed by atoms with Gasteiger partial charge < -0.3 is 14.0 Å². The smallest absolute Gasteiger partial charge is 0.416 e. The molecule has 10 heteroatoms. The van der Waals surface area contributed by atoms with Gasteiger partial charge >= 0.3 is 6.18 Å². The monoisotopic (exact) mass is 459 g/mol. The van der Waals surface area contributed by atoms with E-state index >= 15 is 0 Å². The molecule has 2 aromatic carbocycles. The zero-order chi connectivity index (χ0) is 23.3. The fourth-order valence-corrected chi connectivity index (χ4v) is 3.68. The van der Waals surface area contributed by atoms with Crippen molar-refractivity contribution in [1.82, 2.24) is 25.2 Å². The average Bonchev–Trinajstić information content (AvgIpc) is 3.46. The number of nitrogens with zero attached hydrogens (tertiary/aromatic N) is 4. The molecule has 4 aromatic rings. The first kappa shape index (κ1) is 22.6. The lowest BCUT2D eigenvalue weighted by Gasteiger charge is -2.13. The minimum absolute atomic E-state index is 0.335. The van der Waals surface area contributed by atoms with Crippen molar-refractivity contribution in [2.45, 2.75) is 38.9 Å². The molecule has 0 aliphatic carbocycles.